The minimum atomic E-state index is -0.617. The van der Waals surface area contributed by atoms with Crippen molar-refractivity contribution in [2.24, 2.45) is 4.99 Å². The van der Waals surface area contributed by atoms with Crippen molar-refractivity contribution in [2.45, 2.75) is 31.4 Å². The largest absolute Gasteiger partial charge is 0.497 e. The van der Waals surface area contributed by atoms with E-state index in [4.69, 9.17) is 9.47 Å². The molecule has 1 atom stereocenters. The average Bonchev–Trinajstić information content (AvgIpc) is 3.50. The number of benzene rings is 1. The Balaban J connectivity index is 1.59. The van der Waals surface area contributed by atoms with Crippen molar-refractivity contribution in [2.75, 3.05) is 45.7 Å². The summed E-state index contributed by atoms with van der Waals surface area (Å²) < 4.78 is 12.7. The maximum absolute atomic E-state index is 13.2. The highest BCUT2D eigenvalue weighted by atomic mass is 32.2. The molecule has 33 heavy (non-hydrogen) atoms. The number of thioether (sulfide) groups is 1. The maximum Gasteiger partial charge on any atom is 0.357 e. The van der Waals surface area contributed by atoms with E-state index in [-0.39, 0.29) is 12.5 Å². The fraction of sp³-hybridized carbons (Fsp3) is 0.500. The minimum Gasteiger partial charge on any atom is -0.497 e. The molecule has 10 nitrogen and oxygen atoms in total. The molecule has 3 aliphatic heterocycles. The number of ether oxygens (including phenoxy) is 2. The van der Waals surface area contributed by atoms with Gasteiger partial charge in [-0.15, -0.1) is 0 Å². The highest BCUT2D eigenvalue weighted by Crippen LogP contribution is 2.33. The van der Waals surface area contributed by atoms with Crippen LogP contribution < -0.4 is 14.8 Å². The van der Waals surface area contributed by atoms with Crippen LogP contribution in [0.4, 0.5) is 10.5 Å². The number of hydrogen-bond donors (Lipinski definition) is 1. The second-order valence-electron chi connectivity index (χ2n) is 7.92. The van der Waals surface area contributed by atoms with Gasteiger partial charge in [0.2, 0.25) is 5.91 Å². The molecule has 11 heteroatoms. The SMILES string of the molecule is CCCN1C(=O)C2SC(=[N+]3CCCC3)N=C2N(CC(=O)Nc2ccc(OC)cc2OC)C1=O. The number of amidine groups is 2. The summed E-state index contributed by atoms with van der Waals surface area (Å²) in [6, 6.07) is 4.52. The topological polar surface area (TPSA) is 104 Å². The Bertz CT molecular complexity index is 1030. The number of methoxy groups -OCH3 is 2. The quantitative estimate of drug-likeness (QED) is 0.607. The van der Waals surface area contributed by atoms with Gasteiger partial charge in [0, 0.05) is 12.6 Å². The lowest BCUT2D eigenvalue weighted by Crippen LogP contribution is -2.61. The van der Waals surface area contributed by atoms with Gasteiger partial charge in [-0.2, -0.15) is 0 Å². The first kappa shape index (κ1) is 23.1. The van der Waals surface area contributed by atoms with Crippen LogP contribution in [0.5, 0.6) is 11.5 Å². The molecule has 3 heterocycles. The number of fused-ring (bicyclic) bond motifs is 1. The fourth-order valence-corrected chi connectivity index (χ4v) is 5.25. The number of anilines is 1. The third kappa shape index (κ3) is 4.54. The van der Waals surface area contributed by atoms with Crippen LogP contribution in [0.25, 0.3) is 0 Å². The molecular weight excluding hydrogens is 446 g/mol. The molecule has 0 spiro atoms. The molecule has 1 unspecified atom stereocenters. The molecule has 0 saturated carbocycles. The van der Waals surface area contributed by atoms with E-state index in [0.717, 1.165) is 31.1 Å². The standard InChI is InChI=1S/C22H27N5O5S/c1-4-9-26-20(29)18-19(24-21(33-18)25-10-5-6-11-25)27(22(26)30)13-17(28)23-15-8-7-14(31-2)12-16(15)32-3/h7-8,12,18H,4-6,9-11,13H2,1-3H3/p+1. The van der Waals surface area contributed by atoms with Crippen LogP contribution in [-0.4, -0.2) is 88.9 Å². The van der Waals surface area contributed by atoms with Crippen molar-refractivity contribution in [1.82, 2.24) is 9.80 Å². The molecule has 0 aliphatic carbocycles. The Hall–Kier alpha value is -3.08. The van der Waals surface area contributed by atoms with Gasteiger partial charge in [0.1, 0.15) is 18.0 Å². The molecule has 0 aromatic heterocycles. The number of carbonyl (C=O) groups excluding carboxylic acids is 3. The summed E-state index contributed by atoms with van der Waals surface area (Å²) in [5.41, 5.74) is 0.456. The highest BCUT2D eigenvalue weighted by molar-refractivity contribution is 8.15. The smallest absolute Gasteiger partial charge is 0.357 e. The van der Waals surface area contributed by atoms with Crippen LogP contribution in [0.2, 0.25) is 0 Å². The minimum absolute atomic E-state index is 0.259. The first-order chi connectivity index (χ1) is 16.0. The van der Waals surface area contributed by atoms with Crippen LogP contribution in [0.15, 0.2) is 23.2 Å². The summed E-state index contributed by atoms with van der Waals surface area (Å²) >= 11 is 1.36. The second kappa shape index (κ2) is 9.82. The van der Waals surface area contributed by atoms with Crippen LogP contribution in [-0.2, 0) is 9.59 Å². The summed E-state index contributed by atoms with van der Waals surface area (Å²) in [6.07, 6.45) is 2.78. The van der Waals surface area contributed by atoms with Gasteiger partial charge in [-0.05, 0) is 48.1 Å². The van der Waals surface area contributed by atoms with Gasteiger partial charge >= 0.3 is 11.2 Å². The van der Waals surface area contributed by atoms with E-state index < -0.39 is 17.2 Å². The Morgan fingerprint density at radius 1 is 1.21 bits per heavy atom. The summed E-state index contributed by atoms with van der Waals surface area (Å²) in [4.78, 5) is 46.4. The molecule has 1 N–H and O–H groups in total. The molecule has 1 aromatic carbocycles. The van der Waals surface area contributed by atoms with Crippen molar-refractivity contribution in [3.05, 3.63) is 18.2 Å². The molecule has 0 bridgehead atoms. The van der Waals surface area contributed by atoms with E-state index in [1.54, 1.807) is 25.3 Å². The number of carbonyl (C=O) groups is 3. The molecular formula is C22H28N5O5S+. The fourth-order valence-electron chi connectivity index (χ4n) is 4.05. The van der Waals surface area contributed by atoms with Gasteiger partial charge in [0.25, 0.3) is 11.7 Å². The van der Waals surface area contributed by atoms with Crippen molar-refractivity contribution < 1.29 is 28.4 Å². The third-order valence-corrected chi connectivity index (χ3v) is 6.91. The Morgan fingerprint density at radius 3 is 2.64 bits per heavy atom. The average molecular weight is 475 g/mol. The second-order valence-corrected chi connectivity index (χ2v) is 8.99. The van der Waals surface area contributed by atoms with E-state index in [1.807, 2.05) is 6.92 Å². The molecule has 3 aliphatic rings. The summed E-state index contributed by atoms with van der Waals surface area (Å²) in [7, 11) is 3.04. The number of nitrogens with zero attached hydrogens (tertiary/aromatic N) is 4. The summed E-state index contributed by atoms with van der Waals surface area (Å²) in [5.74, 6) is 0.676. The number of hydrogen-bond acceptors (Lipinski definition) is 6. The van der Waals surface area contributed by atoms with Crippen LogP contribution in [0.1, 0.15) is 26.2 Å². The van der Waals surface area contributed by atoms with Crippen molar-refractivity contribution >= 4 is 46.3 Å². The lowest BCUT2D eigenvalue weighted by molar-refractivity contribution is -0.503. The monoisotopic (exact) mass is 474 g/mol. The number of imide groups is 1. The zero-order valence-corrected chi connectivity index (χ0v) is 19.8. The summed E-state index contributed by atoms with van der Waals surface area (Å²) in [5, 5.41) is 2.92. The number of rotatable bonds is 7. The van der Waals surface area contributed by atoms with Crippen molar-refractivity contribution in [1.29, 1.82) is 0 Å². The predicted octanol–water partition coefficient (Wildman–Crippen LogP) is 1.99. The Kier molecular flexibility index (Phi) is 6.87. The zero-order valence-electron chi connectivity index (χ0n) is 19.0. The van der Waals surface area contributed by atoms with Gasteiger partial charge < -0.3 is 14.8 Å². The number of nitrogens with one attached hydrogen (secondary N) is 1. The normalized spacial score (nSPS) is 20.2. The first-order valence-corrected chi connectivity index (χ1v) is 11.9. The molecule has 0 radical (unpaired) electrons. The number of aliphatic imine (C=N–C) groups is 1. The van der Waals surface area contributed by atoms with Gasteiger partial charge in [0.05, 0.1) is 33.0 Å². The molecule has 2 saturated heterocycles. The van der Waals surface area contributed by atoms with E-state index in [0.29, 0.717) is 36.0 Å². The van der Waals surface area contributed by atoms with Gasteiger partial charge in [0.15, 0.2) is 5.25 Å². The Labute approximate surface area is 196 Å². The van der Waals surface area contributed by atoms with Crippen LogP contribution >= 0.6 is 11.8 Å². The van der Waals surface area contributed by atoms with Gasteiger partial charge in [-0.3, -0.25) is 19.1 Å². The number of amides is 4. The van der Waals surface area contributed by atoms with Crippen molar-refractivity contribution in [3.63, 3.8) is 0 Å². The summed E-state index contributed by atoms with van der Waals surface area (Å²) in [6.45, 7) is 3.70. The first-order valence-electron chi connectivity index (χ1n) is 11.0. The molecule has 4 amide bonds. The lowest BCUT2D eigenvalue weighted by atomic mass is 10.2. The van der Waals surface area contributed by atoms with Gasteiger partial charge in [-0.1, -0.05) is 6.92 Å². The van der Waals surface area contributed by atoms with E-state index >= 15 is 0 Å². The zero-order chi connectivity index (χ0) is 23.5. The Morgan fingerprint density at radius 2 is 1.97 bits per heavy atom. The molecule has 1 aromatic rings. The van der Waals surface area contributed by atoms with E-state index in [1.165, 1.54) is 28.7 Å². The van der Waals surface area contributed by atoms with Crippen LogP contribution in [0, 0.1) is 0 Å². The lowest BCUT2D eigenvalue weighted by Gasteiger charge is -2.34. The van der Waals surface area contributed by atoms with E-state index in [9.17, 15) is 14.4 Å². The number of urea groups is 1. The van der Waals surface area contributed by atoms with Crippen molar-refractivity contribution in [3.8, 4) is 11.5 Å². The predicted molar refractivity (Wildman–Crippen MR) is 125 cm³/mol. The highest BCUT2D eigenvalue weighted by Gasteiger charge is 2.53. The van der Waals surface area contributed by atoms with E-state index in [2.05, 4.69) is 14.9 Å². The van der Waals surface area contributed by atoms with Crippen LogP contribution in [0.3, 0.4) is 0 Å². The van der Waals surface area contributed by atoms with Gasteiger partial charge in [-0.25, -0.2) is 9.69 Å². The molecule has 176 valence electrons. The maximum atomic E-state index is 13.2. The molecule has 4 rings (SSSR count). The third-order valence-electron chi connectivity index (χ3n) is 5.70. The molecule has 2 fully saturated rings.